The monoisotopic (exact) mass is 506 g/mol. The maximum absolute atomic E-state index is 13.4. The number of hydrogen-bond acceptors (Lipinski definition) is 7. The number of alkyl halides is 3. The number of halogens is 4. The number of carbonyl (C=O) groups excluding carboxylic acids is 1. The first kappa shape index (κ1) is 21.8. The fraction of sp³-hybridized carbons (Fsp3) is 0.316. The van der Waals surface area contributed by atoms with Crippen LogP contribution in [0.25, 0.3) is 5.95 Å². The number of carbonyl (C=O) groups is 1. The maximum atomic E-state index is 13.4. The lowest BCUT2D eigenvalue weighted by Crippen LogP contribution is -2.30. The Morgan fingerprint density at radius 1 is 1.28 bits per heavy atom. The molecule has 0 aromatic carbocycles. The molecule has 1 unspecified atom stereocenters. The summed E-state index contributed by atoms with van der Waals surface area (Å²) in [6.45, 7) is 1.60. The SMILES string of the molecule is CC(NC(=O)c1cc(C(F)(F)F)nc(C2(C#N)CC2)c1)c1nc(Br)nn1-c1ncccn1. The van der Waals surface area contributed by atoms with Crippen molar-refractivity contribution in [2.45, 2.75) is 37.4 Å². The number of rotatable bonds is 5. The molecule has 1 saturated carbocycles. The first-order valence-electron chi connectivity index (χ1n) is 9.35. The van der Waals surface area contributed by atoms with E-state index in [1.807, 2.05) is 6.07 Å². The summed E-state index contributed by atoms with van der Waals surface area (Å²) in [5, 5.41) is 16.1. The molecule has 1 aliphatic rings. The Morgan fingerprint density at radius 2 is 1.97 bits per heavy atom. The molecule has 0 aliphatic heterocycles. The van der Waals surface area contributed by atoms with Gasteiger partial charge in [-0.2, -0.15) is 23.1 Å². The van der Waals surface area contributed by atoms with E-state index in [4.69, 9.17) is 0 Å². The quantitative estimate of drug-likeness (QED) is 0.563. The molecule has 3 heterocycles. The summed E-state index contributed by atoms with van der Waals surface area (Å²) >= 11 is 3.16. The molecule has 3 aromatic rings. The Kier molecular flexibility index (Phi) is 5.41. The van der Waals surface area contributed by atoms with Gasteiger partial charge < -0.3 is 5.32 Å². The highest BCUT2D eigenvalue weighted by Crippen LogP contribution is 2.47. The molecule has 1 fully saturated rings. The van der Waals surface area contributed by atoms with Crippen LogP contribution in [0.3, 0.4) is 0 Å². The lowest BCUT2D eigenvalue weighted by molar-refractivity contribution is -0.141. The summed E-state index contributed by atoms with van der Waals surface area (Å²) in [6.07, 6.45) is -0.971. The minimum Gasteiger partial charge on any atom is -0.342 e. The van der Waals surface area contributed by atoms with Gasteiger partial charge in [0.2, 0.25) is 4.73 Å². The zero-order valence-corrected chi connectivity index (χ0v) is 18.0. The number of pyridine rings is 1. The van der Waals surface area contributed by atoms with Crippen molar-refractivity contribution in [3.05, 3.63) is 58.1 Å². The molecule has 3 aromatic heterocycles. The van der Waals surface area contributed by atoms with Gasteiger partial charge in [-0.15, -0.1) is 5.10 Å². The molecule has 4 rings (SSSR count). The van der Waals surface area contributed by atoms with Crippen LogP contribution >= 0.6 is 15.9 Å². The average Bonchev–Trinajstić information content (AvgIpc) is 3.48. The van der Waals surface area contributed by atoms with Crippen molar-refractivity contribution in [2.75, 3.05) is 0 Å². The van der Waals surface area contributed by atoms with Crippen LogP contribution in [0.4, 0.5) is 13.2 Å². The number of hydrogen-bond donors (Lipinski definition) is 1. The van der Waals surface area contributed by atoms with Crippen LogP contribution in [-0.2, 0) is 11.6 Å². The highest BCUT2D eigenvalue weighted by atomic mass is 79.9. The molecule has 1 amide bonds. The highest BCUT2D eigenvalue weighted by Gasteiger charge is 2.48. The van der Waals surface area contributed by atoms with Crippen molar-refractivity contribution in [3.63, 3.8) is 0 Å². The second kappa shape index (κ2) is 7.94. The Hall–Kier alpha value is -3.40. The van der Waals surface area contributed by atoms with E-state index in [2.05, 4.69) is 46.3 Å². The minimum absolute atomic E-state index is 0.0591. The second-order valence-corrected chi connectivity index (χ2v) is 7.92. The van der Waals surface area contributed by atoms with E-state index in [9.17, 15) is 23.2 Å². The summed E-state index contributed by atoms with van der Waals surface area (Å²) in [5.41, 5.74) is -2.62. The van der Waals surface area contributed by atoms with Crippen molar-refractivity contribution in [1.82, 2.24) is 35.0 Å². The van der Waals surface area contributed by atoms with E-state index < -0.39 is 29.2 Å². The van der Waals surface area contributed by atoms with Gasteiger partial charge in [0, 0.05) is 18.0 Å². The number of nitrogens with zero attached hydrogens (tertiary/aromatic N) is 7. The molecule has 1 N–H and O–H groups in total. The van der Waals surface area contributed by atoms with E-state index >= 15 is 0 Å². The number of aromatic nitrogens is 6. The Morgan fingerprint density at radius 3 is 2.56 bits per heavy atom. The van der Waals surface area contributed by atoms with E-state index in [1.165, 1.54) is 23.1 Å². The molecule has 0 radical (unpaired) electrons. The van der Waals surface area contributed by atoms with Gasteiger partial charge >= 0.3 is 6.18 Å². The van der Waals surface area contributed by atoms with Gasteiger partial charge in [0.1, 0.15) is 5.69 Å². The molecule has 9 nitrogen and oxygen atoms in total. The van der Waals surface area contributed by atoms with Crippen molar-refractivity contribution in [1.29, 1.82) is 5.26 Å². The van der Waals surface area contributed by atoms with Gasteiger partial charge in [-0.1, -0.05) is 0 Å². The molecular weight excluding hydrogens is 493 g/mol. The summed E-state index contributed by atoms with van der Waals surface area (Å²) in [5.74, 6) is -0.311. The standard InChI is InChI=1S/C19H14BrF3N8O/c1-10(14-29-16(20)30-31(14)17-25-5-2-6-26-17)27-15(32)11-7-12(18(9-24)3-4-18)28-13(8-11)19(21,22)23/h2,5-8,10H,3-4H2,1H3,(H,27,32). The molecule has 0 saturated heterocycles. The van der Waals surface area contributed by atoms with Gasteiger partial charge in [-0.25, -0.2) is 19.9 Å². The molecule has 13 heteroatoms. The van der Waals surface area contributed by atoms with E-state index in [-0.39, 0.29) is 27.8 Å². The van der Waals surface area contributed by atoms with Gasteiger partial charge in [-0.3, -0.25) is 4.79 Å². The zero-order chi connectivity index (χ0) is 23.1. The molecule has 0 spiro atoms. The number of nitrogens with one attached hydrogen (secondary N) is 1. The van der Waals surface area contributed by atoms with Crippen molar-refractivity contribution in [2.24, 2.45) is 0 Å². The lowest BCUT2D eigenvalue weighted by Gasteiger charge is -2.16. The van der Waals surface area contributed by atoms with E-state index in [1.54, 1.807) is 13.0 Å². The third-order valence-corrected chi connectivity index (χ3v) is 5.25. The second-order valence-electron chi connectivity index (χ2n) is 7.21. The molecule has 1 atom stereocenters. The number of nitriles is 1. The van der Waals surface area contributed by atoms with Gasteiger partial charge in [0.25, 0.3) is 11.9 Å². The van der Waals surface area contributed by atoms with E-state index in [0.29, 0.717) is 18.9 Å². The van der Waals surface area contributed by atoms with Gasteiger partial charge in [0.15, 0.2) is 5.82 Å². The zero-order valence-electron chi connectivity index (χ0n) is 16.4. The molecule has 1 aliphatic carbocycles. The Balaban J connectivity index is 1.65. The van der Waals surface area contributed by atoms with Crippen LogP contribution in [-0.4, -0.2) is 35.6 Å². The lowest BCUT2D eigenvalue weighted by atomic mass is 10.0. The fourth-order valence-electron chi connectivity index (χ4n) is 3.07. The largest absolute Gasteiger partial charge is 0.433 e. The highest BCUT2D eigenvalue weighted by molar-refractivity contribution is 9.10. The van der Waals surface area contributed by atoms with Crippen molar-refractivity contribution >= 4 is 21.8 Å². The summed E-state index contributed by atoms with van der Waals surface area (Å²) in [7, 11) is 0. The van der Waals surface area contributed by atoms with Crippen LogP contribution in [0.15, 0.2) is 35.3 Å². The van der Waals surface area contributed by atoms with Gasteiger partial charge in [0.05, 0.1) is 23.2 Å². The van der Waals surface area contributed by atoms with E-state index in [0.717, 1.165) is 0 Å². The van der Waals surface area contributed by atoms with Crippen LogP contribution in [0.5, 0.6) is 0 Å². The third kappa shape index (κ3) is 4.18. The Labute approximate surface area is 187 Å². The first-order valence-corrected chi connectivity index (χ1v) is 10.1. The average molecular weight is 507 g/mol. The fourth-order valence-corrected chi connectivity index (χ4v) is 3.41. The normalized spacial score (nSPS) is 15.6. The topological polar surface area (TPSA) is 122 Å². The predicted octanol–water partition coefficient (Wildman–Crippen LogP) is 3.28. The Bertz CT molecular complexity index is 1220. The van der Waals surface area contributed by atoms with Crippen molar-refractivity contribution < 1.29 is 18.0 Å². The van der Waals surface area contributed by atoms with Gasteiger partial charge in [-0.05, 0) is 53.9 Å². The summed E-state index contributed by atoms with van der Waals surface area (Å²) in [4.78, 5) is 28.9. The van der Waals surface area contributed by atoms with Crippen LogP contribution < -0.4 is 5.32 Å². The smallest absolute Gasteiger partial charge is 0.342 e. The van der Waals surface area contributed by atoms with Crippen LogP contribution in [0.2, 0.25) is 0 Å². The predicted molar refractivity (Wildman–Crippen MR) is 106 cm³/mol. The van der Waals surface area contributed by atoms with Crippen LogP contribution in [0, 0.1) is 11.3 Å². The summed E-state index contributed by atoms with van der Waals surface area (Å²) in [6, 6.07) is 4.76. The molecule has 0 bridgehead atoms. The maximum Gasteiger partial charge on any atom is 0.433 e. The number of amides is 1. The third-order valence-electron chi connectivity index (χ3n) is 4.92. The first-order chi connectivity index (χ1) is 15.1. The summed E-state index contributed by atoms with van der Waals surface area (Å²) < 4.78 is 41.7. The molecule has 164 valence electrons. The minimum atomic E-state index is -4.77. The van der Waals surface area contributed by atoms with Crippen molar-refractivity contribution in [3.8, 4) is 12.0 Å². The molecule has 32 heavy (non-hydrogen) atoms. The molecular formula is C19H14BrF3N8O. The van der Waals surface area contributed by atoms with Crippen LogP contribution in [0.1, 0.15) is 53.4 Å².